The summed E-state index contributed by atoms with van der Waals surface area (Å²) < 4.78 is 4.80. The molecule has 6 nitrogen and oxygen atoms in total. The lowest BCUT2D eigenvalue weighted by atomic mass is 10.1. The van der Waals surface area contributed by atoms with Crippen molar-refractivity contribution in [3.8, 4) is 11.5 Å². The second-order valence-electron chi connectivity index (χ2n) is 2.87. The predicted molar refractivity (Wildman–Crippen MR) is 51.4 cm³/mol. The zero-order chi connectivity index (χ0) is 11.6. The summed E-state index contributed by atoms with van der Waals surface area (Å²) in [6, 6.07) is 0.980. The molecule has 1 aromatic rings. The van der Waals surface area contributed by atoms with Gasteiger partial charge in [0.05, 0.1) is 17.6 Å². The first kappa shape index (κ1) is 11.0. The van der Waals surface area contributed by atoms with E-state index in [-0.39, 0.29) is 28.3 Å². The molecule has 0 saturated carbocycles. The van der Waals surface area contributed by atoms with Crippen molar-refractivity contribution in [1.29, 1.82) is 0 Å². The van der Waals surface area contributed by atoms with E-state index < -0.39 is 4.92 Å². The Bertz CT molecular complexity index is 427. The van der Waals surface area contributed by atoms with Gasteiger partial charge in [-0.25, -0.2) is 0 Å². The van der Waals surface area contributed by atoms with Crippen LogP contribution in [-0.2, 0) is 0 Å². The third-order valence-corrected chi connectivity index (χ3v) is 2.02. The smallest absolute Gasteiger partial charge is 0.312 e. The van der Waals surface area contributed by atoms with Crippen molar-refractivity contribution in [3.05, 3.63) is 27.3 Å². The van der Waals surface area contributed by atoms with E-state index in [9.17, 15) is 20.0 Å². The van der Waals surface area contributed by atoms with Crippen molar-refractivity contribution in [2.45, 2.75) is 6.92 Å². The molecule has 15 heavy (non-hydrogen) atoms. The van der Waals surface area contributed by atoms with E-state index in [1.807, 2.05) is 0 Å². The van der Waals surface area contributed by atoms with Crippen molar-refractivity contribution >= 4 is 12.0 Å². The molecule has 0 fully saturated rings. The molecule has 1 aromatic carbocycles. The number of phenols is 1. The molecule has 0 heterocycles. The van der Waals surface area contributed by atoms with Crippen LogP contribution in [0.25, 0.3) is 0 Å². The average molecular weight is 211 g/mol. The number of phenolic OH excluding ortho intramolecular Hbond substituents is 1. The molecule has 0 radical (unpaired) electrons. The number of carbonyl (C=O) groups is 1. The first-order chi connectivity index (χ1) is 7.02. The Morgan fingerprint density at radius 1 is 1.60 bits per heavy atom. The summed E-state index contributed by atoms with van der Waals surface area (Å²) in [6.07, 6.45) is 0.356. The molecule has 0 spiro atoms. The van der Waals surface area contributed by atoms with E-state index in [1.165, 1.54) is 14.0 Å². The van der Waals surface area contributed by atoms with Crippen LogP contribution < -0.4 is 4.74 Å². The van der Waals surface area contributed by atoms with Crippen LogP contribution in [0.3, 0.4) is 0 Å². The number of benzene rings is 1. The van der Waals surface area contributed by atoms with Gasteiger partial charge in [-0.2, -0.15) is 0 Å². The number of methoxy groups -OCH3 is 1. The molecule has 0 unspecified atom stereocenters. The summed E-state index contributed by atoms with van der Waals surface area (Å²) in [7, 11) is 1.26. The Kier molecular flexibility index (Phi) is 2.89. The monoisotopic (exact) mass is 211 g/mol. The highest BCUT2D eigenvalue weighted by Crippen LogP contribution is 2.37. The van der Waals surface area contributed by atoms with E-state index in [2.05, 4.69) is 0 Å². The number of rotatable bonds is 3. The molecular formula is C9H9NO5. The number of ether oxygens (including phenoxy) is 1. The molecule has 0 aromatic heterocycles. The molecule has 80 valence electrons. The number of carbonyl (C=O) groups excluding carboxylic acids is 1. The lowest BCUT2D eigenvalue weighted by Gasteiger charge is -2.08. The van der Waals surface area contributed by atoms with E-state index in [0.29, 0.717) is 6.29 Å². The highest BCUT2D eigenvalue weighted by Gasteiger charge is 2.22. The van der Waals surface area contributed by atoms with Gasteiger partial charge in [-0.1, -0.05) is 0 Å². The second kappa shape index (κ2) is 3.95. The first-order valence-electron chi connectivity index (χ1n) is 4.03. The van der Waals surface area contributed by atoms with Crippen molar-refractivity contribution in [3.63, 3.8) is 0 Å². The van der Waals surface area contributed by atoms with Crippen LogP contribution in [0.1, 0.15) is 15.9 Å². The summed E-state index contributed by atoms with van der Waals surface area (Å²) >= 11 is 0. The van der Waals surface area contributed by atoms with E-state index in [0.717, 1.165) is 6.07 Å². The van der Waals surface area contributed by atoms with Crippen LogP contribution in [0.4, 0.5) is 5.69 Å². The maximum atomic E-state index is 10.6. The fraction of sp³-hybridized carbons (Fsp3) is 0.222. The summed E-state index contributed by atoms with van der Waals surface area (Å²) in [5.74, 6) is -0.337. The maximum absolute atomic E-state index is 10.6. The van der Waals surface area contributed by atoms with Crippen molar-refractivity contribution in [1.82, 2.24) is 0 Å². The predicted octanol–water partition coefficient (Wildman–Crippen LogP) is 1.43. The quantitative estimate of drug-likeness (QED) is 0.464. The Morgan fingerprint density at radius 2 is 2.20 bits per heavy atom. The normalized spacial score (nSPS) is 9.73. The standard InChI is InChI=1S/C9H9NO5/c1-5-8(12)6(4-11)3-7(10(13)14)9(5)15-2/h3-4,12H,1-2H3. The molecule has 0 amide bonds. The minimum Gasteiger partial charge on any atom is -0.507 e. The number of hydrogen-bond acceptors (Lipinski definition) is 5. The molecule has 6 heteroatoms. The third-order valence-electron chi connectivity index (χ3n) is 2.02. The molecule has 0 aliphatic carbocycles. The number of nitro benzene ring substituents is 1. The van der Waals surface area contributed by atoms with Gasteiger partial charge in [0.25, 0.3) is 0 Å². The van der Waals surface area contributed by atoms with Crippen LogP contribution in [0.2, 0.25) is 0 Å². The average Bonchev–Trinajstić information content (AvgIpc) is 2.21. The lowest BCUT2D eigenvalue weighted by Crippen LogP contribution is -1.98. The fourth-order valence-corrected chi connectivity index (χ4v) is 1.28. The third kappa shape index (κ3) is 1.74. The molecule has 0 saturated heterocycles. The Hall–Kier alpha value is -2.11. The van der Waals surface area contributed by atoms with Crippen LogP contribution in [0.5, 0.6) is 11.5 Å². The van der Waals surface area contributed by atoms with Gasteiger partial charge in [-0.3, -0.25) is 14.9 Å². The van der Waals surface area contributed by atoms with Gasteiger partial charge >= 0.3 is 5.69 Å². The van der Waals surface area contributed by atoms with Crippen LogP contribution in [-0.4, -0.2) is 23.4 Å². The topological polar surface area (TPSA) is 89.7 Å². The Balaban J connectivity index is 3.58. The molecule has 0 atom stereocenters. The van der Waals surface area contributed by atoms with Crippen molar-refractivity contribution < 1.29 is 19.6 Å². The second-order valence-corrected chi connectivity index (χ2v) is 2.87. The van der Waals surface area contributed by atoms with Gasteiger partial charge in [0, 0.05) is 11.6 Å². The van der Waals surface area contributed by atoms with Gasteiger partial charge in [0.1, 0.15) is 5.75 Å². The van der Waals surface area contributed by atoms with Gasteiger partial charge in [0.15, 0.2) is 6.29 Å². The zero-order valence-electron chi connectivity index (χ0n) is 8.18. The minimum atomic E-state index is -0.668. The lowest BCUT2D eigenvalue weighted by molar-refractivity contribution is -0.385. The maximum Gasteiger partial charge on any atom is 0.312 e. The van der Waals surface area contributed by atoms with Gasteiger partial charge in [0.2, 0.25) is 5.75 Å². The number of aldehydes is 1. The molecule has 0 bridgehead atoms. The summed E-state index contributed by atoms with van der Waals surface area (Å²) in [6.45, 7) is 1.44. The first-order valence-corrected chi connectivity index (χ1v) is 4.03. The van der Waals surface area contributed by atoms with Crippen molar-refractivity contribution in [2.75, 3.05) is 7.11 Å². The molecule has 0 aliphatic rings. The molecular weight excluding hydrogens is 202 g/mol. The number of nitrogens with zero attached hydrogens (tertiary/aromatic N) is 1. The molecule has 1 N–H and O–H groups in total. The molecule has 0 aliphatic heterocycles. The van der Waals surface area contributed by atoms with Crippen molar-refractivity contribution in [2.24, 2.45) is 0 Å². The highest BCUT2D eigenvalue weighted by molar-refractivity contribution is 5.83. The number of nitro groups is 1. The minimum absolute atomic E-state index is 0.0388. The van der Waals surface area contributed by atoms with Crippen LogP contribution >= 0.6 is 0 Å². The Morgan fingerprint density at radius 3 is 2.60 bits per heavy atom. The summed E-state index contributed by atoms with van der Waals surface area (Å²) in [5.41, 5.74) is -0.288. The number of aromatic hydroxyl groups is 1. The fourth-order valence-electron chi connectivity index (χ4n) is 1.28. The van der Waals surface area contributed by atoms with Gasteiger partial charge in [-0.05, 0) is 6.92 Å². The molecule has 1 rings (SSSR count). The van der Waals surface area contributed by atoms with Gasteiger partial charge in [-0.15, -0.1) is 0 Å². The van der Waals surface area contributed by atoms with E-state index in [1.54, 1.807) is 0 Å². The largest absolute Gasteiger partial charge is 0.507 e. The van der Waals surface area contributed by atoms with E-state index >= 15 is 0 Å². The summed E-state index contributed by atoms with van der Waals surface area (Å²) in [4.78, 5) is 20.5. The SMILES string of the molecule is COc1c([N+](=O)[O-])cc(C=O)c(O)c1C. The highest BCUT2D eigenvalue weighted by atomic mass is 16.6. The zero-order valence-corrected chi connectivity index (χ0v) is 8.18. The Labute approximate surface area is 85.2 Å². The van der Waals surface area contributed by atoms with Crippen LogP contribution in [0.15, 0.2) is 6.07 Å². The number of hydrogen-bond donors (Lipinski definition) is 1. The van der Waals surface area contributed by atoms with E-state index in [4.69, 9.17) is 4.74 Å². The van der Waals surface area contributed by atoms with Gasteiger partial charge < -0.3 is 9.84 Å². The van der Waals surface area contributed by atoms with Crippen LogP contribution in [0, 0.1) is 17.0 Å². The summed E-state index contributed by atoms with van der Waals surface area (Å²) in [5, 5.41) is 20.1.